The van der Waals surface area contributed by atoms with Crippen LogP contribution in [0.3, 0.4) is 0 Å². The summed E-state index contributed by atoms with van der Waals surface area (Å²) in [5.41, 5.74) is 0.833. The van der Waals surface area contributed by atoms with E-state index in [4.69, 9.17) is 0 Å². The second-order valence-corrected chi connectivity index (χ2v) is 4.83. The predicted molar refractivity (Wildman–Crippen MR) is 66.5 cm³/mol. The highest BCUT2D eigenvalue weighted by atomic mass is 32.1. The first kappa shape index (κ1) is 13.1. The van der Waals surface area contributed by atoms with Crippen LogP contribution in [-0.4, -0.2) is 4.98 Å². The van der Waals surface area contributed by atoms with E-state index in [-0.39, 0.29) is 0 Å². The number of benzene rings is 1. The van der Waals surface area contributed by atoms with E-state index in [0.717, 1.165) is 30.7 Å². The number of hydrogen-bond donors (Lipinski definition) is 0. The molecule has 0 aliphatic carbocycles. The average molecular weight is 271 g/mol. The summed E-state index contributed by atoms with van der Waals surface area (Å²) in [6.45, 7) is 2.04. The van der Waals surface area contributed by atoms with Crippen LogP contribution < -0.4 is 0 Å². The van der Waals surface area contributed by atoms with E-state index in [1.807, 2.05) is 12.3 Å². The van der Waals surface area contributed by atoms with Crippen molar-refractivity contribution in [1.82, 2.24) is 4.98 Å². The molecule has 0 aliphatic rings. The van der Waals surface area contributed by atoms with Crippen molar-refractivity contribution in [3.63, 3.8) is 0 Å². The van der Waals surface area contributed by atoms with Gasteiger partial charge < -0.3 is 0 Å². The fourth-order valence-corrected chi connectivity index (χ4v) is 2.49. The van der Waals surface area contributed by atoms with Crippen LogP contribution in [-0.2, 0) is 12.6 Å². The second kappa shape index (κ2) is 5.10. The van der Waals surface area contributed by atoms with Gasteiger partial charge in [0, 0.05) is 10.9 Å². The molecule has 0 spiro atoms. The zero-order chi connectivity index (χ0) is 13.2. The van der Waals surface area contributed by atoms with Crippen molar-refractivity contribution in [2.45, 2.75) is 25.9 Å². The van der Waals surface area contributed by atoms with E-state index in [1.165, 1.54) is 17.4 Å². The van der Waals surface area contributed by atoms with Crippen molar-refractivity contribution in [1.29, 1.82) is 0 Å². The Morgan fingerprint density at radius 1 is 1.28 bits per heavy atom. The normalized spacial score (nSPS) is 11.8. The van der Waals surface area contributed by atoms with Crippen LogP contribution in [0, 0.1) is 0 Å². The molecular formula is C13H12F3NS. The number of rotatable bonds is 3. The van der Waals surface area contributed by atoms with Gasteiger partial charge in [0.05, 0.1) is 11.3 Å². The third kappa shape index (κ3) is 2.90. The van der Waals surface area contributed by atoms with E-state index >= 15 is 0 Å². The Bertz CT molecular complexity index is 531. The third-order valence-electron chi connectivity index (χ3n) is 2.49. The largest absolute Gasteiger partial charge is 0.416 e. The second-order valence-electron chi connectivity index (χ2n) is 3.97. The molecule has 0 saturated carbocycles. The Kier molecular flexibility index (Phi) is 3.71. The van der Waals surface area contributed by atoms with Gasteiger partial charge in [-0.15, -0.1) is 11.3 Å². The molecule has 5 heteroatoms. The molecule has 0 amide bonds. The molecule has 0 unspecified atom stereocenters. The van der Waals surface area contributed by atoms with Gasteiger partial charge in [-0.2, -0.15) is 13.2 Å². The zero-order valence-electron chi connectivity index (χ0n) is 9.79. The fourth-order valence-electron chi connectivity index (χ4n) is 1.64. The van der Waals surface area contributed by atoms with Crippen molar-refractivity contribution >= 4 is 11.3 Å². The first-order valence-corrected chi connectivity index (χ1v) is 6.50. The molecule has 2 rings (SSSR count). The summed E-state index contributed by atoms with van der Waals surface area (Å²) in [7, 11) is 0. The smallest absolute Gasteiger partial charge is 0.241 e. The number of aryl methyl sites for hydroxylation is 1. The van der Waals surface area contributed by atoms with E-state index in [2.05, 4.69) is 4.98 Å². The molecule has 1 aromatic heterocycles. The van der Waals surface area contributed by atoms with Gasteiger partial charge >= 0.3 is 6.18 Å². The maximum atomic E-state index is 12.6. The van der Waals surface area contributed by atoms with E-state index in [1.54, 1.807) is 6.07 Å². The number of alkyl halides is 3. The number of thiazole rings is 1. The quantitative estimate of drug-likeness (QED) is 0.782. The monoisotopic (exact) mass is 271 g/mol. The molecule has 2 aromatic rings. The van der Waals surface area contributed by atoms with Crippen LogP contribution in [0.2, 0.25) is 0 Å². The molecule has 0 radical (unpaired) electrons. The van der Waals surface area contributed by atoms with Gasteiger partial charge in [-0.05, 0) is 18.6 Å². The Labute approximate surface area is 107 Å². The minimum absolute atomic E-state index is 0.525. The van der Waals surface area contributed by atoms with E-state index in [9.17, 15) is 13.2 Å². The highest BCUT2D eigenvalue weighted by Gasteiger charge is 2.30. The highest BCUT2D eigenvalue weighted by Crippen LogP contribution is 2.33. The van der Waals surface area contributed by atoms with Crippen LogP contribution in [0.25, 0.3) is 10.6 Å². The Balaban J connectivity index is 2.32. The van der Waals surface area contributed by atoms with Crippen molar-refractivity contribution in [2.75, 3.05) is 0 Å². The minimum atomic E-state index is -4.31. The van der Waals surface area contributed by atoms with Gasteiger partial charge in [0.2, 0.25) is 0 Å². The van der Waals surface area contributed by atoms with Crippen LogP contribution in [0.5, 0.6) is 0 Å². The van der Waals surface area contributed by atoms with Crippen molar-refractivity contribution in [3.05, 3.63) is 40.9 Å². The maximum absolute atomic E-state index is 12.6. The van der Waals surface area contributed by atoms with Gasteiger partial charge in [0.15, 0.2) is 0 Å². The molecule has 0 bridgehead atoms. The number of hydrogen-bond acceptors (Lipinski definition) is 2. The van der Waals surface area contributed by atoms with E-state index < -0.39 is 11.7 Å². The summed E-state index contributed by atoms with van der Waals surface area (Å²) in [4.78, 5) is 4.34. The lowest BCUT2D eigenvalue weighted by Crippen LogP contribution is -2.04. The summed E-state index contributed by atoms with van der Waals surface area (Å²) in [5, 5.41) is 2.54. The zero-order valence-corrected chi connectivity index (χ0v) is 10.6. The molecular weight excluding hydrogens is 259 g/mol. The van der Waals surface area contributed by atoms with Crippen molar-refractivity contribution in [3.8, 4) is 10.6 Å². The summed E-state index contributed by atoms with van der Waals surface area (Å²) in [5.74, 6) is 0. The van der Waals surface area contributed by atoms with Crippen molar-refractivity contribution in [2.24, 2.45) is 0 Å². The lowest BCUT2D eigenvalue weighted by Gasteiger charge is -2.07. The molecule has 0 saturated heterocycles. The molecule has 18 heavy (non-hydrogen) atoms. The first-order valence-electron chi connectivity index (χ1n) is 5.62. The fraction of sp³-hybridized carbons (Fsp3) is 0.308. The Morgan fingerprint density at radius 3 is 2.72 bits per heavy atom. The molecule has 0 atom stereocenters. The maximum Gasteiger partial charge on any atom is 0.416 e. The SMILES string of the molecule is CCCc1csc(-c2cccc(C(F)(F)F)c2)n1. The third-order valence-corrected chi connectivity index (χ3v) is 3.43. The molecule has 96 valence electrons. The molecule has 1 nitrogen and oxygen atoms in total. The molecule has 0 N–H and O–H groups in total. The van der Waals surface area contributed by atoms with Gasteiger partial charge in [-0.1, -0.05) is 25.5 Å². The first-order chi connectivity index (χ1) is 8.50. The predicted octanol–water partition coefficient (Wildman–Crippen LogP) is 4.78. The number of halogens is 3. The molecule has 1 heterocycles. The summed E-state index contributed by atoms with van der Waals surface area (Å²) in [6.07, 6.45) is -2.47. The lowest BCUT2D eigenvalue weighted by molar-refractivity contribution is -0.137. The highest BCUT2D eigenvalue weighted by molar-refractivity contribution is 7.13. The van der Waals surface area contributed by atoms with Crippen LogP contribution in [0.15, 0.2) is 29.6 Å². The van der Waals surface area contributed by atoms with Crippen molar-refractivity contribution < 1.29 is 13.2 Å². The molecule has 0 fully saturated rings. The van der Waals surface area contributed by atoms with Gasteiger partial charge in [0.1, 0.15) is 5.01 Å². The van der Waals surface area contributed by atoms with Gasteiger partial charge in [0.25, 0.3) is 0 Å². The Hall–Kier alpha value is -1.36. The van der Waals surface area contributed by atoms with Crippen LogP contribution in [0.1, 0.15) is 24.6 Å². The van der Waals surface area contributed by atoms with Gasteiger partial charge in [-0.25, -0.2) is 4.98 Å². The Morgan fingerprint density at radius 2 is 2.06 bits per heavy atom. The topological polar surface area (TPSA) is 12.9 Å². The van der Waals surface area contributed by atoms with Crippen LogP contribution >= 0.6 is 11.3 Å². The van der Waals surface area contributed by atoms with E-state index in [0.29, 0.717) is 10.6 Å². The van der Waals surface area contributed by atoms with Crippen LogP contribution in [0.4, 0.5) is 13.2 Å². The van der Waals surface area contributed by atoms with Gasteiger partial charge in [-0.3, -0.25) is 0 Å². The summed E-state index contributed by atoms with van der Waals surface area (Å²) in [6, 6.07) is 5.29. The summed E-state index contributed by atoms with van der Waals surface area (Å²) >= 11 is 1.38. The number of aromatic nitrogens is 1. The number of nitrogens with zero attached hydrogens (tertiary/aromatic N) is 1. The summed E-state index contributed by atoms with van der Waals surface area (Å²) < 4.78 is 37.8. The molecule has 1 aromatic carbocycles. The average Bonchev–Trinajstić information content (AvgIpc) is 2.77. The minimum Gasteiger partial charge on any atom is -0.241 e. The lowest BCUT2D eigenvalue weighted by atomic mass is 10.1. The molecule has 0 aliphatic heterocycles. The standard InChI is InChI=1S/C13H12F3NS/c1-2-4-11-8-18-12(17-11)9-5-3-6-10(7-9)13(14,15)16/h3,5-8H,2,4H2,1H3.